The third-order valence-electron chi connectivity index (χ3n) is 2.71. The molecule has 2 N–H and O–H groups in total. The first-order chi connectivity index (χ1) is 10.5. The molecule has 2 amide bonds. The molecule has 1 aromatic carbocycles. The van der Waals surface area contributed by atoms with E-state index in [4.69, 9.17) is 16.1 Å². The molecule has 7 nitrogen and oxygen atoms in total. The maximum Gasteiger partial charge on any atom is 0.313 e. The summed E-state index contributed by atoms with van der Waals surface area (Å²) in [6.45, 7) is 2.07. The molecule has 0 spiro atoms. The molecule has 2 rings (SSSR count). The number of hydrogen-bond acceptors (Lipinski definition) is 5. The van der Waals surface area contributed by atoms with Crippen LogP contribution in [0.1, 0.15) is 18.1 Å². The van der Waals surface area contributed by atoms with Crippen LogP contribution in [0.4, 0.5) is 5.69 Å². The van der Waals surface area contributed by atoms with Crippen LogP contribution in [0, 0.1) is 6.92 Å². The monoisotopic (exact) mass is 322 g/mol. The third-order valence-corrected chi connectivity index (χ3v) is 2.95. The van der Waals surface area contributed by atoms with E-state index in [-0.39, 0.29) is 0 Å². The van der Waals surface area contributed by atoms with E-state index in [9.17, 15) is 9.59 Å². The van der Waals surface area contributed by atoms with Crippen LogP contribution < -0.4 is 10.6 Å². The number of nitrogens with one attached hydrogen (secondary N) is 2. The highest BCUT2D eigenvalue weighted by Crippen LogP contribution is 2.14. The van der Waals surface area contributed by atoms with E-state index >= 15 is 0 Å². The summed E-state index contributed by atoms with van der Waals surface area (Å²) in [5.74, 6) is -0.368. The third kappa shape index (κ3) is 4.85. The van der Waals surface area contributed by atoms with Gasteiger partial charge in [0.1, 0.15) is 0 Å². The van der Waals surface area contributed by atoms with Crippen molar-refractivity contribution in [2.75, 3.05) is 11.9 Å². The molecular weight excluding hydrogens is 308 g/mol. The van der Waals surface area contributed by atoms with Gasteiger partial charge in [0.2, 0.25) is 5.89 Å². The van der Waals surface area contributed by atoms with Gasteiger partial charge in [-0.1, -0.05) is 22.8 Å². The molecule has 1 aromatic heterocycles. The summed E-state index contributed by atoms with van der Waals surface area (Å²) in [6, 6.07) is 6.57. The Bertz CT molecular complexity index is 672. The van der Waals surface area contributed by atoms with E-state index < -0.39 is 11.8 Å². The van der Waals surface area contributed by atoms with Gasteiger partial charge in [-0.25, -0.2) is 0 Å². The molecule has 0 saturated heterocycles. The van der Waals surface area contributed by atoms with Crippen molar-refractivity contribution < 1.29 is 14.1 Å². The average Bonchev–Trinajstić information content (AvgIpc) is 2.89. The van der Waals surface area contributed by atoms with E-state index in [0.717, 1.165) is 0 Å². The van der Waals surface area contributed by atoms with Crippen LogP contribution >= 0.6 is 11.6 Å². The Labute approximate surface area is 132 Å². The minimum Gasteiger partial charge on any atom is -0.348 e. The summed E-state index contributed by atoms with van der Waals surface area (Å²) < 4.78 is 4.94. The molecule has 0 bridgehead atoms. The van der Waals surface area contributed by atoms with Crippen molar-refractivity contribution in [3.05, 3.63) is 41.0 Å². The normalized spacial score (nSPS) is 10.3. The predicted octanol–water partition coefficient (Wildman–Crippen LogP) is 1.72. The molecule has 116 valence electrons. The van der Waals surface area contributed by atoms with Crippen LogP contribution in [-0.4, -0.2) is 28.5 Å². The second kappa shape index (κ2) is 7.56. The first kappa shape index (κ1) is 16.0. The SMILES string of the molecule is Cc1noc(CCCNC(=O)C(=O)Nc2cccc(Cl)c2)n1. The van der Waals surface area contributed by atoms with E-state index in [1.54, 1.807) is 31.2 Å². The van der Waals surface area contributed by atoms with Crippen LogP contribution in [0.25, 0.3) is 0 Å². The Morgan fingerprint density at radius 2 is 2.14 bits per heavy atom. The Morgan fingerprint density at radius 1 is 1.32 bits per heavy atom. The summed E-state index contributed by atoms with van der Waals surface area (Å²) in [5.41, 5.74) is 0.467. The number of benzene rings is 1. The number of rotatable bonds is 5. The molecule has 2 aromatic rings. The molecule has 0 aliphatic rings. The summed E-state index contributed by atoms with van der Waals surface area (Å²) in [7, 11) is 0. The number of hydrogen-bond donors (Lipinski definition) is 2. The fourth-order valence-corrected chi connectivity index (χ4v) is 1.91. The second-order valence-corrected chi connectivity index (χ2v) is 5.00. The molecular formula is C14H15ClN4O3. The van der Waals surface area contributed by atoms with Crippen LogP contribution in [0.2, 0.25) is 5.02 Å². The molecule has 0 atom stereocenters. The van der Waals surface area contributed by atoms with Gasteiger partial charge in [-0.15, -0.1) is 0 Å². The predicted molar refractivity (Wildman–Crippen MR) is 80.4 cm³/mol. The zero-order chi connectivity index (χ0) is 15.9. The van der Waals surface area contributed by atoms with Gasteiger partial charge < -0.3 is 15.2 Å². The van der Waals surface area contributed by atoms with Crippen molar-refractivity contribution in [1.82, 2.24) is 15.5 Å². The number of carbonyl (C=O) groups is 2. The molecule has 0 unspecified atom stereocenters. The lowest BCUT2D eigenvalue weighted by atomic mass is 10.3. The molecule has 1 heterocycles. The van der Waals surface area contributed by atoms with Gasteiger partial charge in [-0.2, -0.15) is 4.98 Å². The fourth-order valence-electron chi connectivity index (χ4n) is 1.72. The van der Waals surface area contributed by atoms with Crippen LogP contribution in [0.5, 0.6) is 0 Å². The maximum absolute atomic E-state index is 11.7. The molecule has 0 radical (unpaired) electrons. The Balaban J connectivity index is 1.71. The molecule has 8 heteroatoms. The van der Waals surface area contributed by atoms with Gasteiger partial charge in [0, 0.05) is 23.7 Å². The van der Waals surface area contributed by atoms with Gasteiger partial charge >= 0.3 is 11.8 Å². The lowest BCUT2D eigenvalue weighted by molar-refractivity contribution is -0.136. The van der Waals surface area contributed by atoms with Gasteiger partial charge in [-0.3, -0.25) is 9.59 Å². The average molecular weight is 323 g/mol. The van der Waals surface area contributed by atoms with Crippen LogP contribution in [0.3, 0.4) is 0 Å². The zero-order valence-electron chi connectivity index (χ0n) is 11.9. The van der Waals surface area contributed by atoms with E-state index in [0.29, 0.717) is 41.8 Å². The van der Waals surface area contributed by atoms with Crippen molar-refractivity contribution in [2.45, 2.75) is 19.8 Å². The maximum atomic E-state index is 11.7. The van der Waals surface area contributed by atoms with Crippen molar-refractivity contribution >= 4 is 29.1 Å². The topological polar surface area (TPSA) is 97.1 Å². The Kier molecular flexibility index (Phi) is 5.48. The highest BCUT2D eigenvalue weighted by molar-refractivity contribution is 6.39. The smallest absolute Gasteiger partial charge is 0.313 e. The van der Waals surface area contributed by atoms with E-state index in [1.807, 2.05) is 0 Å². The lowest BCUT2D eigenvalue weighted by Gasteiger charge is -2.06. The molecule has 0 aliphatic carbocycles. The van der Waals surface area contributed by atoms with Crippen molar-refractivity contribution in [2.24, 2.45) is 0 Å². The Morgan fingerprint density at radius 3 is 2.82 bits per heavy atom. The molecule has 0 fully saturated rings. The summed E-state index contributed by atoms with van der Waals surface area (Å²) in [5, 5.41) is 9.13. The highest BCUT2D eigenvalue weighted by atomic mass is 35.5. The standard InChI is InChI=1S/C14H15ClN4O3/c1-9-17-12(22-19-9)6-3-7-16-13(20)14(21)18-11-5-2-4-10(15)8-11/h2,4-5,8H,3,6-7H2,1H3,(H,16,20)(H,18,21). The van der Waals surface area contributed by atoms with Crippen LogP contribution in [0.15, 0.2) is 28.8 Å². The number of carbonyl (C=O) groups excluding carboxylic acids is 2. The molecule has 22 heavy (non-hydrogen) atoms. The summed E-state index contributed by atoms with van der Waals surface area (Å²) >= 11 is 5.80. The van der Waals surface area contributed by atoms with Crippen molar-refractivity contribution in [3.63, 3.8) is 0 Å². The second-order valence-electron chi connectivity index (χ2n) is 4.56. The lowest BCUT2D eigenvalue weighted by Crippen LogP contribution is -2.36. The number of aromatic nitrogens is 2. The van der Waals surface area contributed by atoms with E-state index in [1.165, 1.54) is 0 Å². The summed E-state index contributed by atoms with van der Waals surface area (Å²) in [4.78, 5) is 27.4. The zero-order valence-corrected chi connectivity index (χ0v) is 12.7. The van der Waals surface area contributed by atoms with Crippen molar-refractivity contribution in [1.29, 1.82) is 0 Å². The fraction of sp³-hybridized carbons (Fsp3) is 0.286. The number of aryl methyl sites for hydroxylation is 2. The summed E-state index contributed by atoms with van der Waals surface area (Å²) in [6.07, 6.45) is 1.13. The molecule has 0 aliphatic heterocycles. The number of amides is 2. The number of halogens is 1. The minimum atomic E-state index is -0.740. The van der Waals surface area contributed by atoms with Gasteiger partial charge in [0.05, 0.1) is 0 Å². The molecule has 0 saturated carbocycles. The van der Waals surface area contributed by atoms with Gasteiger partial charge in [0.15, 0.2) is 5.82 Å². The number of anilines is 1. The van der Waals surface area contributed by atoms with Crippen molar-refractivity contribution in [3.8, 4) is 0 Å². The Hall–Kier alpha value is -2.41. The van der Waals surface area contributed by atoms with Gasteiger partial charge in [0.25, 0.3) is 0 Å². The first-order valence-electron chi connectivity index (χ1n) is 6.68. The minimum absolute atomic E-state index is 0.337. The highest BCUT2D eigenvalue weighted by Gasteiger charge is 2.13. The quantitative estimate of drug-likeness (QED) is 0.645. The first-order valence-corrected chi connectivity index (χ1v) is 7.06. The largest absolute Gasteiger partial charge is 0.348 e. The van der Waals surface area contributed by atoms with Gasteiger partial charge in [-0.05, 0) is 31.5 Å². The van der Waals surface area contributed by atoms with Crippen LogP contribution in [-0.2, 0) is 16.0 Å². The van der Waals surface area contributed by atoms with E-state index in [2.05, 4.69) is 20.8 Å². The number of nitrogens with zero attached hydrogens (tertiary/aromatic N) is 2.